The number of hydrogen-bond donors (Lipinski definition) is 3. The number of nitrogens with one attached hydrogen (secondary N) is 1. The topological polar surface area (TPSA) is 178 Å². The number of ether oxygens (including phenoxy) is 1. The van der Waals surface area contributed by atoms with E-state index in [-0.39, 0.29) is 24.3 Å². The summed E-state index contributed by atoms with van der Waals surface area (Å²) in [6.07, 6.45) is -0.643. The minimum absolute atomic E-state index is 0.0400. The highest BCUT2D eigenvalue weighted by Crippen LogP contribution is 2.24. The number of oxime groups is 1. The lowest BCUT2D eigenvalue weighted by Crippen LogP contribution is -2.41. The van der Waals surface area contributed by atoms with E-state index in [1.165, 1.54) is 24.3 Å². The van der Waals surface area contributed by atoms with E-state index in [1.807, 2.05) is 0 Å². The van der Waals surface area contributed by atoms with Crippen LogP contribution in [-0.2, 0) is 29.1 Å². The van der Waals surface area contributed by atoms with E-state index in [0.717, 1.165) is 0 Å². The summed E-state index contributed by atoms with van der Waals surface area (Å²) in [4.78, 5) is 26.0. The van der Waals surface area contributed by atoms with Gasteiger partial charge >= 0.3 is 11.9 Å². The van der Waals surface area contributed by atoms with Gasteiger partial charge in [0.1, 0.15) is 12.6 Å². The van der Waals surface area contributed by atoms with Crippen molar-refractivity contribution in [2.75, 3.05) is 13.2 Å². The highest BCUT2D eigenvalue weighted by molar-refractivity contribution is 14.2. The van der Waals surface area contributed by atoms with Gasteiger partial charge in [-0.3, -0.25) is 14.5 Å². The SMILES string of the molecule is O=C(O)C[C@H](NCCOC1=NON([O-])I=C1S(=O)(=O)c1ccccc1)C(=O)O. The molecule has 1 aliphatic heterocycles. The summed E-state index contributed by atoms with van der Waals surface area (Å²) >= 11 is -1.79. The lowest BCUT2D eigenvalue weighted by Gasteiger charge is -2.24. The third kappa shape index (κ3) is 5.93. The molecule has 0 aliphatic carbocycles. The van der Waals surface area contributed by atoms with Gasteiger partial charge < -0.3 is 25.5 Å². The summed E-state index contributed by atoms with van der Waals surface area (Å²) in [5, 5.41) is 34.9. The van der Waals surface area contributed by atoms with Crippen molar-refractivity contribution in [1.29, 1.82) is 0 Å². The summed E-state index contributed by atoms with van der Waals surface area (Å²) in [5.74, 6) is -3.04. The van der Waals surface area contributed by atoms with Crippen LogP contribution in [0.4, 0.5) is 0 Å². The predicted molar refractivity (Wildman–Crippen MR) is 104 cm³/mol. The molecule has 0 radical (unpaired) electrons. The molecule has 0 fully saturated rings. The van der Waals surface area contributed by atoms with Gasteiger partial charge in [-0.1, -0.05) is 18.2 Å². The Hall–Kier alpha value is -2.14. The second-order valence-electron chi connectivity index (χ2n) is 5.16. The first-order valence-corrected chi connectivity index (χ1v) is 11.1. The summed E-state index contributed by atoms with van der Waals surface area (Å²) in [6.45, 7) is -0.344. The van der Waals surface area contributed by atoms with Gasteiger partial charge in [-0.05, 0) is 17.3 Å². The molecule has 0 saturated carbocycles. The first-order valence-electron chi connectivity index (χ1n) is 7.57. The van der Waals surface area contributed by atoms with E-state index >= 15 is 0 Å². The maximum absolute atomic E-state index is 12.7. The van der Waals surface area contributed by atoms with Gasteiger partial charge in [0.05, 0.1) is 11.3 Å². The fourth-order valence-electron chi connectivity index (χ4n) is 1.97. The van der Waals surface area contributed by atoms with Crippen molar-refractivity contribution in [2.24, 2.45) is 5.16 Å². The van der Waals surface area contributed by atoms with Crippen molar-refractivity contribution in [3.05, 3.63) is 35.5 Å². The quantitative estimate of drug-likeness (QED) is 0.224. The monoisotopic (exact) mass is 528 g/mol. The molecule has 14 heteroatoms. The fourth-order valence-corrected chi connectivity index (χ4v) is 6.02. The maximum atomic E-state index is 12.7. The first-order chi connectivity index (χ1) is 13.2. The van der Waals surface area contributed by atoms with Crippen LogP contribution >= 0.6 is 21.0 Å². The molecule has 1 aliphatic rings. The standard InChI is InChI=1S/C14H15IN3O9S/c19-11(20)8-10(14(21)22)16-6-7-26-13-12(15-18(23)27-17-13)28(24,25)9-4-2-1-3-5-9/h1-5,10,16H,6-8H2,(H,19,20)(H,21,22)/q-1/t10-/m0/s1. The Kier molecular flexibility index (Phi) is 7.81. The van der Waals surface area contributed by atoms with Crippen LogP contribution in [0.1, 0.15) is 6.42 Å². The molecule has 0 spiro atoms. The molecule has 0 saturated heterocycles. The lowest BCUT2D eigenvalue weighted by molar-refractivity contribution is -0.145. The first kappa shape index (κ1) is 22.2. The van der Waals surface area contributed by atoms with Crippen LogP contribution in [0.5, 0.6) is 0 Å². The molecular formula is C14H15IN3O9S-. The van der Waals surface area contributed by atoms with E-state index in [4.69, 9.17) is 14.9 Å². The van der Waals surface area contributed by atoms with Gasteiger partial charge in [0.2, 0.25) is 9.84 Å². The van der Waals surface area contributed by atoms with E-state index in [1.54, 1.807) is 6.07 Å². The fraction of sp³-hybridized carbons (Fsp3) is 0.286. The molecule has 1 aromatic rings. The third-order valence-corrected chi connectivity index (χ3v) is 8.41. The van der Waals surface area contributed by atoms with Crippen LogP contribution in [0.2, 0.25) is 0 Å². The second kappa shape index (κ2) is 9.87. The molecule has 0 unspecified atom stereocenters. The van der Waals surface area contributed by atoms with E-state index in [0.29, 0.717) is 0 Å². The number of rotatable bonds is 9. The molecule has 0 aromatic heterocycles. The summed E-state index contributed by atoms with van der Waals surface area (Å²) in [7, 11) is -4.03. The van der Waals surface area contributed by atoms with Crippen molar-refractivity contribution >= 4 is 51.5 Å². The molecule has 12 nitrogen and oxygen atoms in total. The third-order valence-electron chi connectivity index (χ3n) is 3.20. The number of carboxylic acid groups (broad SMARTS) is 2. The molecule has 0 amide bonds. The number of hydrogen-bond acceptors (Lipinski definition) is 10. The molecule has 1 aromatic carbocycles. The Balaban J connectivity index is 2.05. The van der Waals surface area contributed by atoms with E-state index in [9.17, 15) is 23.2 Å². The maximum Gasteiger partial charge on any atom is 0.321 e. The highest BCUT2D eigenvalue weighted by atomic mass is 127. The van der Waals surface area contributed by atoms with Crippen LogP contribution in [0.25, 0.3) is 0 Å². The molecule has 0 bridgehead atoms. The van der Waals surface area contributed by atoms with Crippen molar-refractivity contribution in [1.82, 2.24) is 8.76 Å². The lowest BCUT2D eigenvalue weighted by atomic mass is 10.2. The van der Waals surface area contributed by atoms with Gasteiger partial charge in [0.25, 0.3) is 5.90 Å². The Morgan fingerprint density at radius 1 is 1.32 bits per heavy atom. The zero-order valence-electron chi connectivity index (χ0n) is 14.0. The average Bonchev–Trinajstić information content (AvgIpc) is 2.65. The molecule has 154 valence electrons. The number of benzene rings is 1. The molecular weight excluding hydrogens is 513 g/mol. The van der Waals surface area contributed by atoms with Crippen molar-refractivity contribution in [3.8, 4) is 0 Å². The van der Waals surface area contributed by atoms with Crippen LogP contribution in [0, 0.1) is 5.21 Å². The van der Waals surface area contributed by atoms with Crippen molar-refractivity contribution < 1.29 is 37.9 Å². The number of nitrogens with zero attached hydrogens (tertiary/aromatic N) is 2. The number of carboxylic acids is 2. The van der Waals surface area contributed by atoms with Crippen LogP contribution in [0.3, 0.4) is 0 Å². The van der Waals surface area contributed by atoms with Gasteiger partial charge in [0.15, 0.2) is 2.84 Å². The number of halogens is 1. The number of aliphatic carboxylic acids is 2. The zero-order chi connectivity index (χ0) is 20.7. The second-order valence-corrected chi connectivity index (χ2v) is 10.1. The van der Waals surface area contributed by atoms with Crippen molar-refractivity contribution in [2.45, 2.75) is 17.4 Å². The average molecular weight is 528 g/mol. The normalized spacial score (nSPS) is 16.0. The predicted octanol–water partition coefficient (Wildman–Crippen LogP) is 0.0685. The summed E-state index contributed by atoms with van der Waals surface area (Å²) < 4.78 is 30.5. The van der Waals surface area contributed by atoms with Crippen LogP contribution < -0.4 is 5.32 Å². The summed E-state index contributed by atoms with van der Waals surface area (Å²) in [6, 6.07) is 6.06. The van der Waals surface area contributed by atoms with Crippen molar-refractivity contribution in [3.63, 3.8) is 0 Å². The largest absolute Gasteiger partial charge is 0.742 e. The minimum Gasteiger partial charge on any atom is -0.742 e. The summed E-state index contributed by atoms with van der Waals surface area (Å²) in [5.41, 5.74) is 0. The highest BCUT2D eigenvalue weighted by Gasteiger charge is 2.31. The Labute approximate surface area is 169 Å². The number of sulfone groups is 1. The molecule has 1 atom stereocenters. The Morgan fingerprint density at radius 3 is 2.61 bits per heavy atom. The van der Waals surface area contributed by atoms with Gasteiger partial charge in [0, 0.05) is 27.5 Å². The van der Waals surface area contributed by atoms with E-state index < -0.39 is 61.1 Å². The van der Waals surface area contributed by atoms with Gasteiger partial charge in [-0.2, -0.15) is 0 Å². The van der Waals surface area contributed by atoms with E-state index in [2.05, 4.69) is 15.4 Å². The molecule has 3 N–H and O–H groups in total. The van der Waals surface area contributed by atoms with Crippen LogP contribution in [-0.4, -0.2) is 61.9 Å². The Bertz CT molecular complexity index is 889. The number of carbonyl (C=O) groups is 2. The zero-order valence-corrected chi connectivity index (χ0v) is 17.0. The molecule has 2 rings (SSSR count). The van der Waals surface area contributed by atoms with Crippen LogP contribution in [0.15, 0.2) is 40.4 Å². The van der Waals surface area contributed by atoms with Gasteiger partial charge in [-0.15, -0.1) is 3.44 Å². The smallest absolute Gasteiger partial charge is 0.321 e. The molecule has 1 heterocycles. The Morgan fingerprint density at radius 2 is 2.00 bits per heavy atom. The van der Waals surface area contributed by atoms with Gasteiger partial charge in [-0.25, -0.2) is 8.42 Å². The minimum atomic E-state index is -4.03. The molecule has 28 heavy (non-hydrogen) atoms.